The molecule has 0 unspecified atom stereocenters. The maximum atomic E-state index is 4.58. The van der Waals surface area contributed by atoms with E-state index >= 15 is 0 Å². The van der Waals surface area contributed by atoms with E-state index in [2.05, 4.69) is 16.9 Å². The summed E-state index contributed by atoms with van der Waals surface area (Å²) in [6, 6.07) is 0. The molecule has 5 heavy (non-hydrogen) atoms. The van der Waals surface area contributed by atoms with Crippen molar-refractivity contribution in [1.82, 2.24) is 5.48 Å². The van der Waals surface area contributed by atoms with Gasteiger partial charge in [0.2, 0.25) is 0 Å². The van der Waals surface area contributed by atoms with Crippen LogP contribution in [0.1, 0.15) is 6.42 Å². The third-order valence-electron chi connectivity index (χ3n) is 0.473. The van der Waals surface area contributed by atoms with Crippen molar-refractivity contribution in [2.45, 2.75) is 6.42 Å². The lowest BCUT2D eigenvalue weighted by molar-refractivity contribution is 0.110. The molecule has 1 saturated heterocycles. The summed E-state index contributed by atoms with van der Waals surface area (Å²) in [5.74, 6) is 0. The molecule has 0 aromatic rings. The third kappa shape index (κ3) is 0.597. The highest BCUT2D eigenvalue weighted by Gasteiger charge is 1.95. The lowest BCUT2D eigenvalue weighted by atomic mass is 10.5. The summed E-state index contributed by atoms with van der Waals surface area (Å²) in [5, 5.41) is 0. The number of nitrogens with one attached hydrogen (secondary N) is 1. The van der Waals surface area contributed by atoms with Gasteiger partial charge in [0, 0.05) is 0 Å². The smallest absolute Gasteiger partial charge is 0.0902 e. The molecule has 28 valence electrons. The fourth-order valence-corrected chi connectivity index (χ4v) is 0.255. The van der Waals surface area contributed by atoms with E-state index < -0.39 is 0 Å². The van der Waals surface area contributed by atoms with Crippen LogP contribution in [0.5, 0.6) is 0 Å². The summed E-state index contributed by atoms with van der Waals surface area (Å²) in [6.07, 6.45) is 0.917. The first-order chi connectivity index (χ1) is 2.50. The molecule has 0 atom stereocenters. The highest BCUT2D eigenvalue weighted by Crippen LogP contribution is 1.89. The summed E-state index contributed by atoms with van der Waals surface area (Å²) >= 11 is 0. The van der Waals surface area contributed by atoms with Crippen LogP contribution in [0, 0.1) is 6.54 Å². The van der Waals surface area contributed by atoms with Gasteiger partial charge in [-0.2, -0.15) is 5.48 Å². The first-order valence-corrected chi connectivity index (χ1v) is 1.60. The van der Waals surface area contributed by atoms with Crippen molar-refractivity contribution in [3.8, 4) is 0 Å². The van der Waals surface area contributed by atoms with E-state index in [-0.39, 0.29) is 0 Å². The second kappa shape index (κ2) is 1.38. The van der Waals surface area contributed by atoms with Crippen LogP contribution in [0.25, 0.3) is 0 Å². The minimum atomic E-state index is 0.778. The predicted octanol–water partition coefficient (Wildman–Crippen LogP) is -0.0499. The minimum absolute atomic E-state index is 0.778. The van der Waals surface area contributed by atoms with Crippen LogP contribution in [0.4, 0.5) is 0 Å². The quantitative estimate of drug-likeness (QED) is 0.432. The van der Waals surface area contributed by atoms with Gasteiger partial charge in [-0.15, -0.1) is 0 Å². The van der Waals surface area contributed by atoms with Gasteiger partial charge in [-0.05, 0) is 6.42 Å². The van der Waals surface area contributed by atoms with E-state index in [4.69, 9.17) is 0 Å². The molecule has 2 radical (unpaired) electrons. The number of hydrogen-bond donors (Lipinski definition) is 1. The van der Waals surface area contributed by atoms with Crippen LogP contribution >= 0.6 is 0 Å². The highest BCUT2D eigenvalue weighted by atomic mass is 16.6. The molecular formula is C3H5NO. The van der Waals surface area contributed by atoms with Crippen molar-refractivity contribution in [1.29, 1.82) is 0 Å². The molecule has 2 heteroatoms. The standard InChI is InChI=1S/C3H5NO/c1-2-4-5-3-1/h4H,1,3H2. The van der Waals surface area contributed by atoms with E-state index in [1.807, 2.05) is 0 Å². The van der Waals surface area contributed by atoms with E-state index in [1.54, 1.807) is 0 Å². The van der Waals surface area contributed by atoms with E-state index in [1.165, 1.54) is 0 Å². The van der Waals surface area contributed by atoms with Crippen molar-refractivity contribution in [2.24, 2.45) is 0 Å². The van der Waals surface area contributed by atoms with Gasteiger partial charge in [0.05, 0.1) is 13.2 Å². The maximum Gasteiger partial charge on any atom is 0.0902 e. The third-order valence-corrected chi connectivity index (χ3v) is 0.473. The summed E-state index contributed by atoms with van der Waals surface area (Å²) in [4.78, 5) is 4.58. The molecule has 1 aliphatic rings. The lowest BCUT2D eigenvalue weighted by Gasteiger charge is -1.79. The van der Waals surface area contributed by atoms with Gasteiger partial charge in [-0.25, -0.2) is 0 Å². The second-order valence-electron chi connectivity index (χ2n) is 0.877. The van der Waals surface area contributed by atoms with E-state index in [0.29, 0.717) is 0 Å². The van der Waals surface area contributed by atoms with Crippen molar-refractivity contribution in [3.63, 3.8) is 0 Å². The zero-order valence-corrected chi connectivity index (χ0v) is 2.82. The van der Waals surface area contributed by atoms with Crippen LogP contribution in [-0.4, -0.2) is 6.61 Å². The molecule has 2 nitrogen and oxygen atoms in total. The van der Waals surface area contributed by atoms with Crippen molar-refractivity contribution in [2.75, 3.05) is 6.61 Å². The largest absolute Gasteiger partial charge is 0.301 e. The fourth-order valence-electron chi connectivity index (χ4n) is 0.255. The zero-order valence-electron chi connectivity index (χ0n) is 2.82. The van der Waals surface area contributed by atoms with Crippen molar-refractivity contribution < 1.29 is 4.84 Å². The first kappa shape index (κ1) is 3.12. The Bertz CT molecular complexity index is 18.5. The summed E-state index contributed by atoms with van der Waals surface area (Å²) in [6.45, 7) is 3.53. The molecule has 1 heterocycles. The SMILES string of the molecule is [C]1CCON1. The van der Waals surface area contributed by atoms with Gasteiger partial charge in [0.25, 0.3) is 0 Å². The average Bonchev–Trinajstić information content (AvgIpc) is 1.76. The van der Waals surface area contributed by atoms with Gasteiger partial charge in [-0.3, -0.25) is 0 Å². The predicted molar refractivity (Wildman–Crippen MR) is 16.9 cm³/mol. The highest BCUT2D eigenvalue weighted by molar-refractivity contribution is 4.58. The molecule has 1 aliphatic heterocycles. The molecule has 0 aromatic heterocycles. The van der Waals surface area contributed by atoms with Gasteiger partial charge in [0.15, 0.2) is 0 Å². The lowest BCUT2D eigenvalue weighted by Crippen LogP contribution is -1.96. The monoisotopic (exact) mass is 71.0 g/mol. The Morgan fingerprint density at radius 2 is 2.80 bits per heavy atom. The minimum Gasteiger partial charge on any atom is -0.301 e. The summed E-state index contributed by atoms with van der Waals surface area (Å²) in [7, 11) is 0. The number of rotatable bonds is 0. The zero-order chi connectivity index (χ0) is 3.54. The maximum absolute atomic E-state index is 4.58. The molecule has 0 bridgehead atoms. The first-order valence-electron chi connectivity index (χ1n) is 1.60. The van der Waals surface area contributed by atoms with Gasteiger partial charge >= 0.3 is 0 Å². The van der Waals surface area contributed by atoms with Crippen molar-refractivity contribution >= 4 is 0 Å². The molecule has 0 saturated carbocycles. The topological polar surface area (TPSA) is 21.3 Å². The Kier molecular flexibility index (Phi) is 0.862. The van der Waals surface area contributed by atoms with Gasteiger partial charge in [0.1, 0.15) is 0 Å². The molecule has 0 aliphatic carbocycles. The molecule has 0 spiro atoms. The Balaban J connectivity index is 2.08. The molecule has 0 aromatic carbocycles. The number of hydroxylamine groups is 1. The summed E-state index contributed by atoms with van der Waals surface area (Å²) < 4.78 is 0. The van der Waals surface area contributed by atoms with Gasteiger partial charge in [-0.1, -0.05) is 0 Å². The van der Waals surface area contributed by atoms with Crippen molar-refractivity contribution in [3.05, 3.63) is 6.54 Å². The average molecular weight is 71.1 g/mol. The van der Waals surface area contributed by atoms with Crippen LogP contribution in [0.2, 0.25) is 0 Å². The molecule has 1 fully saturated rings. The molecule has 0 amide bonds. The van der Waals surface area contributed by atoms with Crippen LogP contribution in [-0.2, 0) is 4.84 Å². The van der Waals surface area contributed by atoms with E-state index in [9.17, 15) is 0 Å². The van der Waals surface area contributed by atoms with Crippen LogP contribution < -0.4 is 5.48 Å². The summed E-state index contributed by atoms with van der Waals surface area (Å²) in [5.41, 5.74) is 2.47. The fraction of sp³-hybridized carbons (Fsp3) is 0.667. The van der Waals surface area contributed by atoms with E-state index in [0.717, 1.165) is 13.0 Å². The van der Waals surface area contributed by atoms with Crippen LogP contribution in [0.15, 0.2) is 0 Å². The van der Waals surface area contributed by atoms with Gasteiger partial charge < -0.3 is 4.84 Å². The Labute approximate surface area is 31.1 Å². The Morgan fingerprint density at radius 3 is 3.00 bits per heavy atom. The molecule has 1 N–H and O–H groups in total. The number of hydrogen-bond acceptors (Lipinski definition) is 2. The molecule has 1 rings (SSSR count). The molecular weight excluding hydrogens is 66.0 g/mol. The normalized spacial score (nSPS) is 24.0. The van der Waals surface area contributed by atoms with Crippen LogP contribution in [0.3, 0.4) is 0 Å². The Morgan fingerprint density at radius 1 is 1.80 bits per heavy atom. The Hall–Kier alpha value is -0.0800. The second-order valence-corrected chi connectivity index (χ2v) is 0.877.